The minimum absolute atomic E-state index is 0.267. The average Bonchev–Trinajstić information content (AvgIpc) is 2.40. The van der Waals surface area contributed by atoms with Gasteiger partial charge in [-0.15, -0.1) is 0 Å². The number of carbonyl (C=O) groups excluding carboxylic acids is 1. The molecule has 0 saturated heterocycles. The number of aromatic nitrogens is 2. The molecule has 0 spiro atoms. The lowest BCUT2D eigenvalue weighted by Crippen LogP contribution is -2.06. The summed E-state index contributed by atoms with van der Waals surface area (Å²) in [6.07, 6.45) is 2.56. The third-order valence-electron chi connectivity index (χ3n) is 0.777. The fraction of sp³-hybridized carbons (Fsp3) is 0. The van der Waals surface area contributed by atoms with Crippen molar-refractivity contribution in [1.82, 2.24) is 9.36 Å². The number of nitrogens with one attached hydrogen (secondary N) is 1. The van der Waals surface area contributed by atoms with E-state index in [1.54, 1.807) is 0 Å². The molecule has 0 fully saturated rings. The van der Waals surface area contributed by atoms with Crippen LogP contribution in [0.4, 0.5) is 5.13 Å². The maximum atomic E-state index is 10.6. The first-order valence-electron chi connectivity index (χ1n) is 2.53. The highest BCUT2D eigenvalue weighted by Crippen LogP contribution is 2.05. The molecule has 0 aliphatic carbocycles. The monoisotopic (exact) mass is 155 g/mol. The van der Waals surface area contributed by atoms with Crippen molar-refractivity contribution < 1.29 is 4.79 Å². The molecule has 10 heavy (non-hydrogen) atoms. The highest BCUT2D eigenvalue weighted by molar-refractivity contribution is 7.09. The van der Waals surface area contributed by atoms with Gasteiger partial charge in [-0.25, -0.2) is 4.98 Å². The van der Waals surface area contributed by atoms with Gasteiger partial charge in [0.2, 0.25) is 11.0 Å². The highest BCUT2D eigenvalue weighted by atomic mass is 32.1. The van der Waals surface area contributed by atoms with Crippen molar-refractivity contribution in [1.29, 1.82) is 0 Å². The van der Waals surface area contributed by atoms with Crippen molar-refractivity contribution in [3.63, 3.8) is 0 Å². The van der Waals surface area contributed by atoms with Crippen LogP contribution in [0.15, 0.2) is 19.0 Å². The van der Waals surface area contributed by atoms with Crippen LogP contribution in [-0.4, -0.2) is 15.3 Å². The number of hydrogen-bond acceptors (Lipinski definition) is 4. The van der Waals surface area contributed by atoms with E-state index in [2.05, 4.69) is 21.3 Å². The predicted molar refractivity (Wildman–Crippen MR) is 38.7 cm³/mol. The molecule has 52 valence electrons. The number of nitrogens with zero attached hydrogens (tertiary/aromatic N) is 2. The van der Waals surface area contributed by atoms with Gasteiger partial charge in [0.05, 0.1) is 0 Å². The Kier molecular flexibility index (Phi) is 2.11. The molecule has 1 aromatic rings. The Hall–Kier alpha value is -1.23. The first-order chi connectivity index (χ1) is 4.83. The molecule has 0 unspecified atom stereocenters. The lowest BCUT2D eigenvalue weighted by Gasteiger charge is -1.90. The van der Waals surface area contributed by atoms with E-state index in [0.717, 1.165) is 11.5 Å². The van der Waals surface area contributed by atoms with Gasteiger partial charge in [-0.3, -0.25) is 10.1 Å². The minimum Gasteiger partial charge on any atom is -0.297 e. The molecule has 0 aliphatic heterocycles. The topological polar surface area (TPSA) is 54.9 Å². The number of rotatable bonds is 2. The van der Waals surface area contributed by atoms with Gasteiger partial charge in [0.1, 0.15) is 6.33 Å². The fourth-order valence-electron chi connectivity index (χ4n) is 0.385. The zero-order valence-corrected chi connectivity index (χ0v) is 5.89. The maximum absolute atomic E-state index is 10.6. The Labute approximate surface area is 61.8 Å². The van der Waals surface area contributed by atoms with E-state index in [1.165, 1.54) is 12.4 Å². The number of hydrogen-bond donors (Lipinski definition) is 1. The van der Waals surface area contributed by atoms with E-state index in [-0.39, 0.29) is 5.91 Å². The second-order valence-electron chi connectivity index (χ2n) is 1.44. The van der Waals surface area contributed by atoms with E-state index < -0.39 is 0 Å². The molecule has 0 aliphatic rings. The smallest absolute Gasteiger partial charge is 0.249 e. The quantitative estimate of drug-likeness (QED) is 0.638. The molecular weight excluding hydrogens is 150 g/mol. The van der Waals surface area contributed by atoms with Crippen LogP contribution in [0, 0.1) is 0 Å². The van der Waals surface area contributed by atoms with Crippen LogP contribution < -0.4 is 5.32 Å². The molecule has 1 N–H and O–H groups in total. The molecule has 0 aromatic carbocycles. The van der Waals surface area contributed by atoms with Crippen molar-refractivity contribution in [3.8, 4) is 0 Å². The van der Waals surface area contributed by atoms with Crippen LogP contribution in [0.1, 0.15) is 0 Å². The molecular formula is C5H5N3OS. The van der Waals surface area contributed by atoms with E-state index >= 15 is 0 Å². The zero-order chi connectivity index (χ0) is 7.40. The summed E-state index contributed by atoms with van der Waals surface area (Å²) in [6.45, 7) is 3.29. The molecule has 0 radical (unpaired) electrons. The molecule has 1 aromatic heterocycles. The van der Waals surface area contributed by atoms with Crippen molar-refractivity contribution in [2.45, 2.75) is 0 Å². The predicted octanol–water partition coefficient (Wildman–Crippen LogP) is 0.663. The van der Waals surface area contributed by atoms with Crippen LogP contribution in [-0.2, 0) is 4.79 Å². The van der Waals surface area contributed by atoms with E-state index in [1.807, 2.05) is 0 Å². The van der Waals surface area contributed by atoms with Gasteiger partial charge in [0.15, 0.2) is 0 Å². The highest BCUT2D eigenvalue weighted by Gasteiger charge is 1.97. The van der Waals surface area contributed by atoms with Gasteiger partial charge < -0.3 is 0 Å². The van der Waals surface area contributed by atoms with Crippen LogP contribution in [0.3, 0.4) is 0 Å². The molecule has 4 nitrogen and oxygen atoms in total. The number of carbonyl (C=O) groups is 1. The van der Waals surface area contributed by atoms with Gasteiger partial charge >= 0.3 is 0 Å². The van der Waals surface area contributed by atoms with Gasteiger partial charge in [0, 0.05) is 11.5 Å². The third kappa shape index (κ3) is 1.63. The zero-order valence-electron chi connectivity index (χ0n) is 5.07. The molecule has 1 heterocycles. The van der Waals surface area contributed by atoms with Gasteiger partial charge in [-0.1, -0.05) is 6.58 Å². The summed E-state index contributed by atoms with van der Waals surface area (Å²) in [7, 11) is 0. The van der Waals surface area contributed by atoms with Gasteiger partial charge in [0.25, 0.3) is 0 Å². The minimum atomic E-state index is -0.267. The maximum Gasteiger partial charge on any atom is 0.249 e. The molecule has 5 heteroatoms. The summed E-state index contributed by atoms with van der Waals surface area (Å²) >= 11 is 1.13. The molecule has 1 rings (SSSR count). The first-order valence-corrected chi connectivity index (χ1v) is 3.30. The molecule has 1 amide bonds. The Morgan fingerprint density at radius 1 is 1.90 bits per heavy atom. The first kappa shape index (κ1) is 6.88. The Morgan fingerprint density at radius 3 is 3.20 bits per heavy atom. The Bertz CT molecular complexity index is 231. The Morgan fingerprint density at radius 2 is 2.70 bits per heavy atom. The summed E-state index contributed by atoms with van der Waals surface area (Å²) in [5, 5.41) is 2.95. The van der Waals surface area contributed by atoms with Crippen LogP contribution in [0.2, 0.25) is 0 Å². The lowest BCUT2D eigenvalue weighted by molar-refractivity contribution is -0.111. The number of anilines is 1. The van der Waals surface area contributed by atoms with E-state index in [0.29, 0.717) is 5.13 Å². The normalized spacial score (nSPS) is 8.80. The summed E-state index contributed by atoms with van der Waals surface area (Å²) in [6, 6.07) is 0. The van der Waals surface area contributed by atoms with Crippen molar-refractivity contribution in [2.24, 2.45) is 0 Å². The lowest BCUT2D eigenvalue weighted by atomic mass is 10.6. The second kappa shape index (κ2) is 3.07. The van der Waals surface area contributed by atoms with Crippen LogP contribution in [0.5, 0.6) is 0 Å². The molecule has 0 bridgehead atoms. The summed E-state index contributed by atoms with van der Waals surface area (Å²) in [5.74, 6) is -0.267. The van der Waals surface area contributed by atoms with Crippen LogP contribution >= 0.6 is 11.5 Å². The average molecular weight is 155 g/mol. The SMILES string of the molecule is C=CC(=O)Nc1ncns1. The number of amides is 1. The molecule has 0 saturated carbocycles. The summed E-state index contributed by atoms with van der Waals surface area (Å²) in [5.41, 5.74) is 0. The van der Waals surface area contributed by atoms with Crippen LogP contribution in [0.25, 0.3) is 0 Å². The summed E-state index contributed by atoms with van der Waals surface area (Å²) in [4.78, 5) is 14.3. The van der Waals surface area contributed by atoms with E-state index in [4.69, 9.17) is 0 Å². The standard InChI is InChI=1S/C5H5N3OS/c1-2-4(9)8-5-6-3-7-10-5/h2-3H,1H2,(H,6,7,8,9). The van der Waals surface area contributed by atoms with Gasteiger partial charge in [-0.2, -0.15) is 4.37 Å². The van der Waals surface area contributed by atoms with E-state index in [9.17, 15) is 4.79 Å². The van der Waals surface area contributed by atoms with Crippen molar-refractivity contribution >= 4 is 22.6 Å². The molecule has 0 atom stereocenters. The Balaban J connectivity index is 2.56. The largest absolute Gasteiger partial charge is 0.297 e. The van der Waals surface area contributed by atoms with Crippen molar-refractivity contribution in [3.05, 3.63) is 19.0 Å². The van der Waals surface area contributed by atoms with Gasteiger partial charge in [-0.05, 0) is 6.08 Å². The second-order valence-corrected chi connectivity index (χ2v) is 2.22. The van der Waals surface area contributed by atoms with Crippen molar-refractivity contribution in [2.75, 3.05) is 5.32 Å². The fourth-order valence-corrected chi connectivity index (χ4v) is 0.819. The third-order valence-corrected chi connectivity index (χ3v) is 1.36. The summed E-state index contributed by atoms with van der Waals surface area (Å²) < 4.78 is 3.69.